The van der Waals surface area contributed by atoms with Gasteiger partial charge in [-0.05, 0) is 24.3 Å². The van der Waals surface area contributed by atoms with Gasteiger partial charge in [0.05, 0.1) is 22.9 Å². The van der Waals surface area contributed by atoms with E-state index in [0.717, 1.165) is 28.8 Å². The molecule has 27 heavy (non-hydrogen) atoms. The van der Waals surface area contributed by atoms with Crippen molar-refractivity contribution < 1.29 is 26.5 Å². The number of hydrogen-bond donors (Lipinski definition) is 0. The van der Waals surface area contributed by atoms with Crippen LogP contribution in [0.5, 0.6) is 5.75 Å². The first-order valence-corrected chi connectivity index (χ1v) is 9.10. The number of alkyl halides is 2. The van der Waals surface area contributed by atoms with E-state index in [1.807, 2.05) is 0 Å². The second-order valence-corrected chi connectivity index (χ2v) is 6.74. The molecule has 3 rings (SSSR count). The van der Waals surface area contributed by atoms with Crippen LogP contribution in [-0.2, 0) is 17.3 Å². The third kappa shape index (κ3) is 3.70. The number of nitrogens with zero attached hydrogens (tertiary/aromatic N) is 2. The van der Waals surface area contributed by atoms with Crippen molar-refractivity contribution in [2.45, 2.75) is 18.3 Å². The lowest BCUT2D eigenvalue weighted by Crippen LogP contribution is -2.27. The Bertz CT molecular complexity index is 1080. The van der Waals surface area contributed by atoms with E-state index < -0.39 is 52.5 Å². The minimum absolute atomic E-state index is 0.0198. The van der Waals surface area contributed by atoms with Crippen molar-refractivity contribution in [2.75, 3.05) is 6.26 Å². The standard InChI is InChI=1S/C17H12F4N2O3S/c1-27(25)17-22-12-6-3-7-13(26-16(20)21)14(12)15(24)23(17)8-9-10(18)4-2-5-11(9)19/h2-7,16H,8H2,1H3. The van der Waals surface area contributed by atoms with Gasteiger partial charge in [0.2, 0.25) is 5.16 Å². The van der Waals surface area contributed by atoms with Crippen LogP contribution >= 0.6 is 0 Å². The number of hydrogen-bond acceptors (Lipinski definition) is 4. The van der Waals surface area contributed by atoms with E-state index in [1.165, 1.54) is 18.4 Å². The van der Waals surface area contributed by atoms with Crippen molar-refractivity contribution in [1.82, 2.24) is 9.55 Å². The SMILES string of the molecule is CS(=O)c1nc2cccc(OC(F)F)c2c(=O)n1Cc1c(F)cccc1F. The average molecular weight is 400 g/mol. The van der Waals surface area contributed by atoms with Crippen molar-refractivity contribution in [3.05, 3.63) is 63.9 Å². The zero-order chi connectivity index (χ0) is 19.7. The maximum atomic E-state index is 14.0. The summed E-state index contributed by atoms with van der Waals surface area (Å²) in [7, 11) is -1.79. The minimum Gasteiger partial charge on any atom is -0.434 e. The topological polar surface area (TPSA) is 61.2 Å². The molecule has 10 heteroatoms. The highest BCUT2D eigenvalue weighted by Crippen LogP contribution is 2.24. The van der Waals surface area contributed by atoms with Gasteiger partial charge in [-0.2, -0.15) is 8.78 Å². The molecule has 0 radical (unpaired) electrons. The molecular formula is C17H12F4N2O3S. The van der Waals surface area contributed by atoms with Crippen molar-refractivity contribution >= 4 is 21.7 Å². The molecule has 142 valence electrons. The number of rotatable bonds is 5. The largest absolute Gasteiger partial charge is 0.434 e. The predicted octanol–water partition coefficient (Wildman–Crippen LogP) is 3.06. The molecule has 1 unspecified atom stereocenters. The van der Waals surface area contributed by atoms with E-state index in [9.17, 15) is 26.6 Å². The van der Waals surface area contributed by atoms with Crippen LogP contribution in [0.4, 0.5) is 17.6 Å². The van der Waals surface area contributed by atoms with Crippen LogP contribution < -0.4 is 10.3 Å². The van der Waals surface area contributed by atoms with Crippen molar-refractivity contribution in [3.8, 4) is 5.75 Å². The predicted molar refractivity (Wildman–Crippen MR) is 90.4 cm³/mol. The zero-order valence-corrected chi connectivity index (χ0v) is 14.6. The molecule has 0 aliphatic rings. The summed E-state index contributed by atoms with van der Waals surface area (Å²) in [5, 5.41) is -0.548. The van der Waals surface area contributed by atoms with Gasteiger partial charge in [-0.15, -0.1) is 0 Å². The van der Waals surface area contributed by atoms with E-state index in [0.29, 0.717) is 0 Å². The lowest BCUT2D eigenvalue weighted by Gasteiger charge is -2.14. The summed E-state index contributed by atoms with van der Waals surface area (Å²) in [4.78, 5) is 17.0. The van der Waals surface area contributed by atoms with Crippen LogP contribution in [0.25, 0.3) is 10.9 Å². The molecule has 0 amide bonds. The lowest BCUT2D eigenvalue weighted by molar-refractivity contribution is -0.0488. The first kappa shape index (κ1) is 19.0. The van der Waals surface area contributed by atoms with Gasteiger partial charge in [0.15, 0.2) is 0 Å². The molecule has 0 fully saturated rings. The van der Waals surface area contributed by atoms with Gasteiger partial charge in [-0.25, -0.2) is 13.8 Å². The van der Waals surface area contributed by atoms with Crippen LogP contribution in [0.2, 0.25) is 0 Å². The molecule has 1 heterocycles. The minimum atomic E-state index is -3.19. The van der Waals surface area contributed by atoms with E-state index in [2.05, 4.69) is 9.72 Å². The average Bonchev–Trinajstić information content (AvgIpc) is 2.59. The summed E-state index contributed by atoms with van der Waals surface area (Å²) >= 11 is 0. The lowest BCUT2D eigenvalue weighted by atomic mass is 10.2. The van der Waals surface area contributed by atoms with Crippen molar-refractivity contribution in [2.24, 2.45) is 0 Å². The Balaban J connectivity index is 2.30. The quantitative estimate of drug-likeness (QED) is 0.488. The smallest absolute Gasteiger partial charge is 0.387 e. The highest BCUT2D eigenvalue weighted by atomic mass is 32.2. The second-order valence-electron chi connectivity index (χ2n) is 5.47. The molecule has 3 aromatic rings. The Morgan fingerprint density at radius 1 is 1.15 bits per heavy atom. The second kappa shape index (κ2) is 7.47. The van der Waals surface area contributed by atoms with Gasteiger partial charge < -0.3 is 4.74 Å². The molecule has 0 saturated heterocycles. The summed E-state index contributed by atoms with van der Waals surface area (Å²) < 4.78 is 70.4. The molecule has 0 aliphatic carbocycles. The summed E-state index contributed by atoms with van der Waals surface area (Å²) in [5.41, 5.74) is -1.36. The highest BCUT2D eigenvalue weighted by Gasteiger charge is 2.20. The van der Waals surface area contributed by atoms with Gasteiger partial charge in [-0.3, -0.25) is 13.6 Å². The molecule has 5 nitrogen and oxygen atoms in total. The van der Waals surface area contributed by atoms with E-state index in [4.69, 9.17) is 0 Å². The molecule has 2 aromatic carbocycles. The number of fused-ring (bicyclic) bond motifs is 1. The maximum Gasteiger partial charge on any atom is 0.387 e. The maximum absolute atomic E-state index is 14.0. The first-order valence-electron chi connectivity index (χ1n) is 7.54. The number of halogens is 4. The Labute approximate surface area is 152 Å². The van der Waals surface area contributed by atoms with Crippen LogP contribution in [0, 0.1) is 11.6 Å². The molecule has 0 aliphatic heterocycles. The summed E-state index contributed by atoms with van der Waals surface area (Å²) in [5.74, 6) is -2.25. The van der Waals surface area contributed by atoms with Gasteiger partial charge in [0, 0.05) is 11.8 Å². The van der Waals surface area contributed by atoms with E-state index in [-0.39, 0.29) is 16.1 Å². The van der Waals surface area contributed by atoms with Gasteiger partial charge in [0.25, 0.3) is 5.56 Å². The summed E-state index contributed by atoms with van der Waals surface area (Å²) in [6.45, 7) is -3.80. The van der Waals surface area contributed by atoms with Crippen molar-refractivity contribution in [1.29, 1.82) is 0 Å². The first-order chi connectivity index (χ1) is 12.8. The van der Waals surface area contributed by atoms with E-state index >= 15 is 0 Å². The van der Waals surface area contributed by atoms with Crippen molar-refractivity contribution in [3.63, 3.8) is 0 Å². The van der Waals surface area contributed by atoms with Crippen LogP contribution in [0.3, 0.4) is 0 Å². The third-order valence-corrected chi connectivity index (χ3v) is 4.59. The zero-order valence-electron chi connectivity index (χ0n) is 13.8. The summed E-state index contributed by atoms with van der Waals surface area (Å²) in [6, 6.07) is 7.02. The Morgan fingerprint density at radius 2 is 1.78 bits per heavy atom. The van der Waals surface area contributed by atoms with Gasteiger partial charge >= 0.3 is 6.61 Å². The van der Waals surface area contributed by atoms with Gasteiger partial charge in [0.1, 0.15) is 22.8 Å². The summed E-state index contributed by atoms with van der Waals surface area (Å²) in [6.07, 6.45) is 1.24. The fourth-order valence-electron chi connectivity index (χ4n) is 2.61. The van der Waals surface area contributed by atoms with Gasteiger partial charge in [-0.1, -0.05) is 12.1 Å². The number of aromatic nitrogens is 2. The monoisotopic (exact) mass is 400 g/mol. The fourth-order valence-corrected chi connectivity index (χ4v) is 3.29. The molecule has 0 N–H and O–H groups in total. The normalized spacial score (nSPS) is 12.5. The number of ether oxygens (including phenoxy) is 1. The molecule has 0 saturated carbocycles. The van der Waals surface area contributed by atoms with E-state index in [1.54, 1.807) is 0 Å². The Kier molecular flexibility index (Phi) is 5.26. The Hall–Kier alpha value is -2.75. The highest BCUT2D eigenvalue weighted by molar-refractivity contribution is 7.84. The third-order valence-electron chi connectivity index (χ3n) is 3.76. The Morgan fingerprint density at radius 3 is 2.37 bits per heavy atom. The van der Waals surface area contributed by atoms with Crippen LogP contribution in [-0.4, -0.2) is 26.6 Å². The molecular weight excluding hydrogens is 388 g/mol. The molecule has 1 aromatic heterocycles. The van der Waals surface area contributed by atoms with Crippen LogP contribution in [0.1, 0.15) is 5.56 Å². The fraction of sp³-hybridized carbons (Fsp3) is 0.176. The molecule has 0 spiro atoms. The van der Waals surface area contributed by atoms with Crippen LogP contribution in [0.15, 0.2) is 46.3 Å². The molecule has 1 atom stereocenters. The number of benzene rings is 2. The molecule has 0 bridgehead atoms.